The maximum absolute atomic E-state index is 13.4. The Labute approximate surface area is 220 Å². The minimum atomic E-state index is -4.36. The monoisotopic (exact) mass is 529 g/mol. The third-order valence-corrected chi connectivity index (χ3v) is 6.36. The highest BCUT2D eigenvalue weighted by atomic mass is 19.4. The highest BCUT2D eigenvalue weighted by Gasteiger charge is 2.30. The van der Waals surface area contributed by atoms with Gasteiger partial charge in [-0.05, 0) is 74.4 Å². The lowest BCUT2D eigenvalue weighted by atomic mass is 9.91. The first-order valence-corrected chi connectivity index (χ1v) is 12.4. The zero-order valence-electron chi connectivity index (χ0n) is 21.6. The lowest BCUT2D eigenvalue weighted by Crippen LogP contribution is -2.32. The van der Waals surface area contributed by atoms with Crippen molar-refractivity contribution in [3.05, 3.63) is 53.7 Å². The third kappa shape index (κ3) is 7.83. The molecule has 0 saturated heterocycles. The standard InChI is InChI=1S/C27H31F3N4O.CH3NO/c1-18-8-13-24(26(15-18)35-2)32-14-4-5-21-16-22-23(33-20-11-9-19(31)10-12-20)6-3-7-25(22)34(21)17-27(28,29)30;2-1-3/h3,6-8,13,15-16,19-20,32-33H,9-12,14,17,31H2,1-2H3;1H,(H2,2,3). The molecule has 2 aromatic carbocycles. The van der Waals surface area contributed by atoms with Gasteiger partial charge in [-0.25, -0.2) is 0 Å². The number of carbonyl (C=O) groups is 1. The van der Waals surface area contributed by atoms with Crippen molar-refractivity contribution in [2.45, 2.75) is 57.4 Å². The lowest BCUT2D eigenvalue weighted by molar-refractivity contribution is -0.140. The average molecular weight is 530 g/mol. The maximum Gasteiger partial charge on any atom is 0.406 e. The molecule has 204 valence electrons. The van der Waals surface area contributed by atoms with Gasteiger partial charge < -0.3 is 31.4 Å². The molecule has 0 spiro atoms. The smallest absolute Gasteiger partial charge is 0.406 e. The third-order valence-electron chi connectivity index (χ3n) is 6.36. The van der Waals surface area contributed by atoms with Crippen molar-refractivity contribution in [3.8, 4) is 17.6 Å². The number of primary amides is 1. The van der Waals surface area contributed by atoms with Gasteiger partial charge in [-0.2, -0.15) is 13.2 Å². The van der Waals surface area contributed by atoms with E-state index in [2.05, 4.69) is 28.2 Å². The van der Waals surface area contributed by atoms with Gasteiger partial charge in [0.25, 0.3) is 0 Å². The number of hydrogen-bond acceptors (Lipinski definition) is 5. The highest BCUT2D eigenvalue weighted by molar-refractivity contribution is 5.94. The predicted molar refractivity (Wildman–Crippen MR) is 145 cm³/mol. The van der Waals surface area contributed by atoms with E-state index in [0.29, 0.717) is 17.0 Å². The molecule has 38 heavy (non-hydrogen) atoms. The Morgan fingerprint density at radius 3 is 2.50 bits per heavy atom. The number of benzene rings is 2. The Bertz CT molecular complexity index is 1290. The van der Waals surface area contributed by atoms with E-state index in [9.17, 15) is 13.2 Å². The highest BCUT2D eigenvalue weighted by Crippen LogP contribution is 2.32. The fourth-order valence-electron chi connectivity index (χ4n) is 4.57. The minimum absolute atomic E-state index is 0.229. The van der Waals surface area contributed by atoms with E-state index in [4.69, 9.17) is 15.3 Å². The van der Waals surface area contributed by atoms with E-state index >= 15 is 0 Å². The Balaban J connectivity index is 0.00000127. The molecular weight excluding hydrogens is 495 g/mol. The van der Waals surface area contributed by atoms with Crippen molar-refractivity contribution < 1.29 is 22.7 Å². The Morgan fingerprint density at radius 2 is 1.84 bits per heavy atom. The van der Waals surface area contributed by atoms with Crippen LogP contribution in [0.2, 0.25) is 0 Å². The summed E-state index contributed by atoms with van der Waals surface area (Å²) in [7, 11) is 1.59. The number of alkyl halides is 3. The van der Waals surface area contributed by atoms with E-state index in [1.807, 2.05) is 31.2 Å². The second-order valence-corrected chi connectivity index (χ2v) is 9.22. The summed E-state index contributed by atoms with van der Waals surface area (Å²) in [6.45, 7) is 1.14. The number of nitrogens with zero attached hydrogens (tertiary/aromatic N) is 1. The molecular formula is C28H34F3N5O2. The molecule has 3 aromatic rings. The van der Waals surface area contributed by atoms with Crippen molar-refractivity contribution in [2.24, 2.45) is 11.5 Å². The number of nitrogens with two attached hydrogens (primary N) is 2. The number of methoxy groups -OCH3 is 1. The second-order valence-electron chi connectivity index (χ2n) is 9.22. The van der Waals surface area contributed by atoms with Crippen LogP contribution >= 0.6 is 0 Å². The van der Waals surface area contributed by atoms with Gasteiger partial charge in [-0.15, -0.1) is 0 Å². The van der Waals surface area contributed by atoms with Crippen LogP contribution in [0.5, 0.6) is 5.75 Å². The molecule has 1 amide bonds. The summed E-state index contributed by atoms with van der Waals surface area (Å²) in [6, 6.07) is 13.4. The van der Waals surface area contributed by atoms with Gasteiger partial charge in [0.2, 0.25) is 6.41 Å². The van der Waals surface area contributed by atoms with Crippen LogP contribution < -0.4 is 26.8 Å². The topological polar surface area (TPSA) is 107 Å². The number of ether oxygens (including phenoxy) is 1. The number of aryl methyl sites for hydroxylation is 1. The fraction of sp³-hybridized carbons (Fsp3) is 0.393. The van der Waals surface area contributed by atoms with Crippen molar-refractivity contribution in [2.75, 3.05) is 24.3 Å². The quantitative estimate of drug-likeness (QED) is 0.272. The molecule has 0 radical (unpaired) electrons. The molecule has 1 saturated carbocycles. The predicted octanol–water partition coefficient (Wildman–Crippen LogP) is 4.77. The summed E-state index contributed by atoms with van der Waals surface area (Å²) in [5.41, 5.74) is 13.7. The zero-order chi connectivity index (χ0) is 27.7. The molecule has 0 bridgehead atoms. The van der Waals surface area contributed by atoms with Crippen molar-refractivity contribution >= 4 is 28.7 Å². The van der Waals surface area contributed by atoms with Crippen LogP contribution in [-0.4, -0.2) is 42.9 Å². The zero-order valence-corrected chi connectivity index (χ0v) is 21.6. The molecule has 0 aliphatic heterocycles. The van der Waals surface area contributed by atoms with Crippen LogP contribution in [0, 0.1) is 18.8 Å². The Hall–Kier alpha value is -3.84. The molecule has 0 unspecified atom stereocenters. The Kier molecular flexibility index (Phi) is 9.91. The fourth-order valence-corrected chi connectivity index (χ4v) is 4.57. The summed E-state index contributed by atoms with van der Waals surface area (Å²) >= 11 is 0. The molecule has 7 nitrogen and oxygen atoms in total. The van der Waals surface area contributed by atoms with Crippen molar-refractivity contribution in [3.63, 3.8) is 0 Å². The number of rotatable bonds is 6. The van der Waals surface area contributed by atoms with E-state index in [1.54, 1.807) is 25.3 Å². The number of carbonyl (C=O) groups excluding carboxylic acids is 1. The number of hydrogen-bond donors (Lipinski definition) is 4. The molecule has 10 heteroatoms. The van der Waals surface area contributed by atoms with E-state index in [-0.39, 0.29) is 25.0 Å². The van der Waals surface area contributed by atoms with Gasteiger partial charge >= 0.3 is 6.18 Å². The second kappa shape index (κ2) is 13.1. The Morgan fingerprint density at radius 1 is 1.13 bits per heavy atom. The number of amides is 1. The number of anilines is 2. The molecule has 1 fully saturated rings. The SMILES string of the molecule is COc1cc(C)ccc1NCC#Cc1cc2c(NC3CCC(N)CC3)cccc2n1CC(F)(F)F.NC=O. The number of halogens is 3. The van der Waals surface area contributed by atoms with Crippen LogP contribution in [-0.2, 0) is 11.3 Å². The molecule has 1 aliphatic carbocycles. The van der Waals surface area contributed by atoms with Crippen LogP contribution in [0.1, 0.15) is 36.9 Å². The van der Waals surface area contributed by atoms with Gasteiger partial charge in [0.15, 0.2) is 0 Å². The minimum Gasteiger partial charge on any atom is -0.495 e. The molecule has 0 atom stereocenters. The average Bonchev–Trinajstić information content (AvgIpc) is 3.21. The molecule has 6 N–H and O–H groups in total. The van der Waals surface area contributed by atoms with Crippen LogP contribution in [0.4, 0.5) is 24.5 Å². The van der Waals surface area contributed by atoms with E-state index in [1.165, 1.54) is 4.57 Å². The molecule has 1 aromatic heterocycles. The maximum atomic E-state index is 13.4. The normalized spacial score (nSPS) is 17.0. The van der Waals surface area contributed by atoms with Gasteiger partial charge in [0, 0.05) is 23.2 Å². The first-order valence-electron chi connectivity index (χ1n) is 12.4. The van der Waals surface area contributed by atoms with Crippen molar-refractivity contribution in [1.29, 1.82) is 0 Å². The van der Waals surface area contributed by atoms with Gasteiger partial charge in [-0.1, -0.05) is 18.1 Å². The summed E-state index contributed by atoms with van der Waals surface area (Å²) in [6.07, 6.45) is -0.335. The molecule has 1 heterocycles. The van der Waals surface area contributed by atoms with E-state index in [0.717, 1.165) is 48.0 Å². The van der Waals surface area contributed by atoms with Crippen molar-refractivity contribution in [1.82, 2.24) is 4.57 Å². The van der Waals surface area contributed by atoms with Gasteiger partial charge in [0.05, 0.1) is 30.6 Å². The number of nitrogens with one attached hydrogen (secondary N) is 2. The van der Waals surface area contributed by atoms with E-state index < -0.39 is 12.7 Å². The van der Waals surface area contributed by atoms with Gasteiger partial charge in [0.1, 0.15) is 12.3 Å². The largest absolute Gasteiger partial charge is 0.495 e. The first-order chi connectivity index (χ1) is 18.1. The number of fused-ring (bicyclic) bond motifs is 1. The summed E-state index contributed by atoms with van der Waals surface area (Å²) < 4.78 is 46.9. The summed E-state index contributed by atoms with van der Waals surface area (Å²) in [4.78, 5) is 8.58. The number of aromatic nitrogens is 1. The van der Waals surface area contributed by atoms with Gasteiger partial charge in [-0.3, -0.25) is 4.79 Å². The van der Waals surface area contributed by atoms with Crippen LogP contribution in [0.25, 0.3) is 10.9 Å². The van der Waals surface area contributed by atoms with Crippen LogP contribution in [0.3, 0.4) is 0 Å². The molecule has 4 rings (SSSR count). The lowest BCUT2D eigenvalue weighted by Gasteiger charge is -2.28. The summed E-state index contributed by atoms with van der Waals surface area (Å²) in [5.74, 6) is 6.61. The van der Waals surface area contributed by atoms with Crippen LogP contribution in [0.15, 0.2) is 42.5 Å². The summed E-state index contributed by atoms with van der Waals surface area (Å²) in [5, 5.41) is 7.45. The first kappa shape index (κ1) is 28.7. The molecule has 1 aliphatic rings.